The Morgan fingerprint density at radius 3 is 2.88 bits per heavy atom. The second-order valence-corrected chi connectivity index (χ2v) is 3.37. The van der Waals surface area contributed by atoms with E-state index in [-0.39, 0.29) is 5.75 Å². The van der Waals surface area contributed by atoms with Gasteiger partial charge in [0.05, 0.1) is 12.3 Å². The molecule has 17 heavy (non-hydrogen) atoms. The number of aromatic amines is 1. The summed E-state index contributed by atoms with van der Waals surface area (Å²) in [5.41, 5.74) is 0.634. The lowest BCUT2D eigenvalue weighted by molar-refractivity contribution is 0.321. The van der Waals surface area contributed by atoms with Gasteiger partial charge in [-0.05, 0) is 31.2 Å². The van der Waals surface area contributed by atoms with Gasteiger partial charge in [0.1, 0.15) is 0 Å². The molecule has 0 aliphatic carbocycles. The van der Waals surface area contributed by atoms with Crippen LogP contribution in [0.25, 0.3) is 11.3 Å². The van der Waals surface area contributed by atoms with E-state index in [2.05, 4.69) is 9.97 Å². The highest BCUT2D eigenvalue weighted by Crippen LogP contribution is 2.23. The Bertz CT molecular complexity index is 581. The van der Waals surface area contributed by atoms with Gasteiger partial charge in [0.15, 0.2) is 11.6 Å². The number of hydrogen-bond donors (Lipinski definition) is 1. The third kappa shape index (κ3) is 2.50. The third-order valence-electron chi connectivity index (χ3n) is 2.22. The number of hydrogen-bond acceptors (Lipinski definition) is 3. The molecule has 2 rings (SSSR count). The summed E-state index contributed by atoms with van der Waals surface area (Å²) < 4.78 is 18.7. The van der Waals surface area contributed by atoms with Crippen LogP contribution in [0.15, 0.2) is 35.3 Å². The van der Waals surface area contributed by atoms with E-state index in [0.717, 1.165) is 0 Å². The molecule has 0 fully saturated rings. The van der Waals surface area contributed by atoms with Crippen molar-refractivity contribution in [3.63, 3.8) is 0 Å². The van der Waals surface area contributed by atoms with Gasteiger partial charge in [0.25, 0.3) is 0 Å². The highest BCUT2D eigenvalue weighted by atomic mass is 19.1. The molecule has 1 N–H and O–H groups in total. The summed E-state index contributed by atoms with van der Waals surface area (Å²) in [5.74, 6) is -0.255. The lowest BCUT2D eigenvalue weighted by Crippen LogP contribution is -2.09. The second kappa shape index (κ2) is 4.78. The van der Waals surface area contributed by atoms with Gasteiger partial charge in [0, 0.05) is 11.8 Å². The average Bonchev–Trinajstić information content (AvgIpc) is 2.32. The van der Waals surface area contributed by atoms with Crippen molar-refractivity contribution in [3.05, 3.63) is 46.8 Å². The Hall–Kier alpha value is -2.17. The highest BCUT2D eigenvalue weighted by molar-refractivity contribution is 5.59. The Balaban J connectivity index is 2.41. The van der Waals surface area contributed by atoms with Crippen LogP contribution in [0.1, 0.15) is 6.92 Å². The monoisotopic (exact) mass is 234 g/mol. The number of aromatic nitrogens is 2. The largest absolute Gasteiger partial charge is 0.491 e. The van der Waals surface area contributed by atoms with Crippen molar-refractivity contribution in [2.75, 3.05) is 6.61 Å². The van der Waals surface area contributed by atoms with E-state index in [1.54, 1.807) is 19.1 Å². The van der Waals surface area contributed by atoms with E-state index in [0.29, 0.717) is 17.9 Å². The van der Waals surface area contributed by atoms with Gasteiger partial charge in [-0.2, -0.15) is 0 Å². The van der Waals surface area contributed by atoms with Crippen molar-refractivity contribution in [1.82, 2.24) is 9.97 Å². The molecule has 0 unspecified atom stereocenters. The fourth-order valence-electron chi connectivity index (χ4n) is 1.48. The molecule has 0 aliphatic rings. The van der Waals surface area contributed by atoms with Crippen LogP contribution in [-0.4, -0.2) is 16.6 Å². The summed E-state index contributed by atoms with van der Waals surface area (Å²) in [5, 5.41) is 0. The van der Waals surface area contributed by atoms with Crippen LogP contribution in [0.4, 0.5) is 4.39 Å². The maximum absolute atomic E-state index is 13.6. The first-order valence-corrected chi connectivity index (χ1v) is 5.18. The van der Waals surface area contributed by atoms with E-state index in [4.69, 9.17) is 4.74 Å². The van der Waals surface area contributed by atoms with E-state index in [1.165, 1.54) is 18.3 Å². The second-order valence-electron chi connectivity index (χ2n) is 3.37. The molecule has 1 aromatic heterocycles. The van der Waals surface area contributed by atoms with Gasteiger partial charge >= 0.3 is 5.69 Å². The molecule has 1 heterocycles. The Morgan fingerprint density at radius 1 is 1.41 bits per heavy atom. The van der Waals surface area contributed by atoms with Crippen LogP contribution < -0.4 is 10.4 Å². The van der Waals surface area contributed by atoms with E-state index < -0.39 is 11.5 Å². The number of halogens is 1. The summed E-state index contributed by atoms with van der Waals surface area (Å²) in [6.45, 7) is 2.19. The van der Waals surface area contributed by atoms with Crippen molar-refractivity contribution in [3.8, 4) is 17.0 Å². The first kappa shape index (κ1) is 11.3. The molecule has 0 saturated heterocycles. The molecule has 2 aromatic rings. The molecule has 0 aliphatic heterocycles. The Kier molecular flexibility index (Phi) is 3.18. The average molecular weight is 234 g/mol. The van der Waals surface area contributed by atoms with Crippen LogP contribution in [-0.2, 0) is 0 Å². The SMILES string of the molecule is CCOc1ccc(-c2ccnc(=O)[nH]2)cc1F. The first-order valence-electron chi connectivity index (χ1n) is 5.18. The molecular weight excluding hydrogens is 223 g/mol. The number of rotatable bonds is 3. The van der Waals surface area contributed by atoms with Gasteiger partial charge in [-0.25, -0.2) is 14.2 Å². The fourth-order valence-corrected chi connectivity index (χ4v) is 1.48. The molecule has 0 spiro atoms. The van der Waals surface area contributed by atoms with Crippen molar-refractivity contribution in [2.24, 2.45) is 0 Å². The summed E-state index contributed by atoms with van der Waals surface area (Å²) in [6, 6.07) is 6.14. The predicted molar refractivity (Wildman–Crippen MR) is 61.4 cm³/mol. The van der Waals surface area contributed by atoms with Crippen molar-refractivity contribution in [1.29, 1.82) is 0 Å². The maximum Gasteiger partial charge on any atom is 0.345 e. The lowest BCUT2D eigenvalue weighted by Gasteiger charge is -2.06. The van der Waals surface area contributed by atoms with E-state index in [9.17, 15) is 9.18 Å². The molecule has 1 aromatic carbocycles. The number of nitrogens with one attached hydrogen (secondary N) is 1. The molecule has 0 radical (unpaired) electrons. The molecule has 0 atom stereocenters. The summed E-state index contributed by atoms with van der Waals surface area (Å²) in [6.07, 6.45) is 1.38. The molecule has 0 bridgehead atoms. The molecule has 5 heteroatoms. The van der Waals surface area contributed by atoms with Crippen LogP contribution in [0.2, 0.25) is 0 Å². The fraction of sp³-hybridized carbons (Fsp3) is 0.167. The summed E-state index contributed by atoms with van der Waals surface area (Å²) >= 11 is 0. The van der Waals surface area contributed by atoms with Gasteiger partial charge in [-0.15, -0.1) is 0 Å². The van der Waals surface area contributed by atoms with Gasteiger partial charge in [-0.3, -0.25) is 0 Å². The number of ether oxygens (including phenoxy) is 1. The van der Waals surface area contributed by atoms with Crippen LogP contribution in [0.3, 0.4) is 0 Å². The number of H-pyrrole nitrogens is 1. The summed E-state index contributed by atoms with van der Waals surface area (Å²) in [7, 11) is 0. The molecule has 4 nitrogen and oxygen atoms in total. The van der Waals surface area contributed by atoms with Gasteiger partial charge in [-0.1, -0.05) is 0 Å². The van der Waals surface area contributed by atoms with Gasteiger partial charge < -0.3 is 9.72 Å². The zero-order chi connectivity index (χ0) is 12.3. The molecule has 0 amide bonds. The van der Waals surface area contributed by atoms with Crippen LogP contribution in [0, 0.1) is 5.82 Å². The predicted octanol–water partition coefficient (Wildman–Crippen LogP) is 1.97. The lowest BCUT2D eigenvalue weighted by atomic mass is 10.1. The Labute approximate surface area is 97.1 Å². The van der Waals surface area contributed by atoms with E-state index >= 15 is 0 Å². The third-order valence-corrected chi connectivity index (χ3v) is 2.22. The zero-order valence-corrected chi connectivity index (χ0v) is 9.24. The summed E-state index contributed by atoms with van der Waals surface area (Å²) in [4.78, 5) is 17.1. The first-order chi connectivity index (χ1) is 8.20. The smallest absolute Gasteiger partial charge is 0.345 e. The van der Waals surface area contributed by atoms with Crippen molar-refractivity contribution >= 4 is 0 Å². The maximum atomic E-state index is 13.6. The normalized spacial score (nSPS) is 10.2. The van der Waals surface area contributed by atoms with Gasteiger partial charge in [0.2, 0.25) is 0 Å². The van der Waals surface area contributed by atoms with Crippen molar-refractivity contribution < 1.29 is 9.13 Å². The highest BCUT2D eigenvalue weighted by Gasteiger charge is 2.06. The molecular formula is C12H11FN2O2. The zero-order valence-electron chi connectivity index (χ0n) is 9.24. The Morgan fingerprint density at radius 2 is 2.24 bits per heavy atom. The topological polar surface area (TPSA) is 55.0 Å². The number of benzene rings is 1. The standard InChI is InChI=1S/C12H11FN2O2/c1-2-17-11-4-3-8(7-9(11)13)10-5-6-14-12(16)15-10/h3-7H,2H2,1H3,(H,14,15,16). The number of nitrogens with zero attached hydrogens (tertiary/aromatic N) is 1. The van der Waals surface area contributed by atoms with Crippen LogP contribution in [0.5, 0.6) is 5.75 Å². The minimum Gasteiger partial charge on any atom is -0.491 e. The quantitative estimate of drug-likeness (QED) is 0.883. The van der Waals surface area contributed by atoms with Crippen LogP contribution >= 0.6 is 0 Å². The molecule has 88 valence electrons. The minimum absolute atomic E-state index is 0.202. The molecule has 0 saturated carbocycles. The van der Waals surface area contributed by atoms with Crippen molar-refractivity contribution in [2.45, 2.75) is 6.92 Å². The van der Waals surface area contributed by atoms with E-state index in [1.807, 2.05) is 0 Å². The minimum atomic E-state index is -0.461.